The van der Waals surface area contributed by atoms with Gasteiger partial charge in [0.25, 0.3) is 0 Å². The van der Waals surface area contributed by atoms with Crippen molar-refractivity contribution >= 4 is 35.1 Å². The normalized spacial score (nSPS) is 10.5. The minimum Gasteiger partial charge on any atom is -0.309 e. The lowest BCUT2D eigenvalue weighted by molar-refractivity contribution is -0.116. The molecule has 0 saturated carbocycles. The molecule has 0 aliphatic carbocycles. The van der Waals surface area contributed by atoms with E-state index in [9.17, 15) is 4.79 Å². The Morgan fingerprint density at radius 1 is 1.40 bits per heavy atom. The zero-order chi connectivity index (χ0) is 14.4. The number of amides is 1. The number of benzene rings is 1. The molecule has 2 N–H and O–H groups in total. The highest BCUT2D eigenvalue weighted by molar-refractivity contribution is 7.99. The fourth-order valence-electron chi connectivity index (χ4n) is 1.64. The van der Waals surface area contributed by atoms with E-state index in [4.69, 9.17) is 11.6 Å². The highest BCUT2D eigenvalue weighted by Gasteiger charge is 2.04. The van der Waals surface area contributed by atoms with Crippen molar-refractivity contribution in [1.82, 2.24) is 10.2 Å². The fraction of sp³-hybridized carbons (Fsp3) is 0.286. The van der Waals surface area contributed by atoms with Crippen LogP contribution < -0.4 is 5.32 Å². The van der Waals surface area contributed by atoms with Crippen LogP contribution in [0.3, 0.4) is 0 Å². The van der Waals surface area contributed by atoms with Gasteiger partial charge in [-0.2, -0.15) is 5.10 Å². The van der Waals surface area contributed by atoms with Crippen LogP contribution in [0.4, 0.5) is 5.82 Å². The molecule has 1 amide bonds. The molecule has 0 atom stereocenters. The predicted molar refractivity (Wildman–Crippen MR) is 83.4 cm³/mol. The highest BCUT2D eigenvalue weighted by atomic mass is 35.5. The Balaban J connectivity index is 1.65. The van der Waals surface area contributed by atoms with Crippen molar-refractivity contribution in [2.45, 2.75) is 24.7 Å². The lowest BCUT2D eigenvalue weighted by atomic mass is 10.3. The third-order valence-corrected chi connectivity index (χ3v) is 3.95. The molecule has 4 nitrogen and oxygen atoms in total. The van der Waals surface area contributed by atoms with E-state index < -0.39 is 0 Å². The molecule has 0 aliphatic heterocycles. The summed E-state index contributed by atoms with van der Waals surface area (Å²) in [6.45, 7) is 1.89. The fourth-order valence-corrected chi connectivity index (χ4v) is 2.62. The summed E-state index contributed by atoms with van der Waals surface area (Å²) in [5, 5.41) is 10.3. The maximum Gasteiger partial charge on any atom is 0.225 e. The van der Waals surface area contributed by atoms with Crippen molar-refractivity contribution in [2.24, 2.45) is 0 Å². The first-order chi connectivity index (χ1) is 9.63. The standard InChI is InChI=1S/C14H16ClN3OS/c1-10-9-13(18-17-10)16-14(19)3-2-8-20-12-6-4-11(15)5-7-12/h4-7,9H,2-3,8H2,1H3,(H2,16,17,18,19). The van der Waals surface area contributed by atoms with Gasteiger partial charge >= 0.3 is 0 Å². The van der Waals surface area contributed by atoms with E-state index in [0.717, 1.165) is 27.8 Å². The average Bonchev–Trinajstić information content (AvgIpc) is 2.82. The van der Waals surface area contributed by atoms with E-state index in [0.29, 0.717) is 12.2 Å². The summed E-state index contributed by atoms with van der Waals surface area (Å²) in [5.74, 6) is 1.47. The molecule has 6 heteroatoms. The third kappa shape index (κ3) is 4.90. The summed E-state index contributed by atoms with van der Waals surface area (Å²) in [6.07, 6.45) is 1.31. The molecule has 0 fully saturated rings. The molecule has 106 valence electrons. The van der Waals surface area contributed by atoms with Gasteiger partial charge in [0.15, 0.2) is 5.82 Å². The van der Waals surface area contributed by atoms with Crippen LogP contribution >= 0.6 is 23.4 Å². The van der Waals surface area contributed by atoms with E-state index in [-0.39, 0.29) is 5.91 Å². The van der Waals surface area contributed by atoms with E-state index in [2.05, 4.69) is 15.5 Å². The summed E-state index contributed by atoms with van der Waals surface area (Å²) in [6, 6.07) is 9.52. The number of halogens is 1. The molecule has 0 unspecified atom stereocenters. The number of hydrogen-bond acceptors (Lipinski definition) is 3. The molecule has 0 bridgehead atoms. The number of hydrogen-bond donors (Lipinski definition) is 2. The lowest BCUT2D eigenvalue weighted by Crippen LogP contribution is -2.11. The summed E-state index contributed by atoms with van der Waals surface area (Å²) in [4.78, 5) is 12.9. The van der Waals surface area contributed by atoms with Gasteiger partial charge in [0.2, 0.25) is 5.91 Å². The van der Waals surface area contributed by atoms with E-state index in [1.807, 2.05) is 31.2 Å². The number of aromatic nitrogens is 2. The van der Waals surface area contributed by atoms with Gasteiger partial charge in [0, 0.05) is 28.1 Å². The zero-order valence-electron chi connectivity index (χ0n) is 11.1. The van der Waals surface area contributed by atoms with Gasteiger partial charge in [-0.15, -0.1) is 11.8 Å². The number of H-pyrrole nitrogens is 1. The Labute approximate surface area is 127 Å². The van der Waals surface area contributed by atoms with E-state index >= 15 is 0 Å². The van der Waals surface area contributed by atoms with Gasteiger partial charge in [-0.1, -0.05) is 11.6 Å². The summed E-state index contributed by atoms with van der Waals surface area (Å²) in [7, 11) is 0. The summed E-state index contributed by atoms with van der Waals surface area (Å²) in [5.41, 5.74) is 0.929. The number of rotatable bonds is 6. The number of aromatic amines is 1. The van der Waals surface area contributed by atoms with E-state index in [1.54, 1.807) is 17.8 Å². The number of nitrogens with one attached hydrogen (secondary N) is 2. The molecule has 0 aliphatic rings. The number of carbonyl (C=O) groups is 1. The van der Waals surface area contributed by atoms with Gasteiger partial charge < -0.3 is 5.32 Å². The molecule has 2 aromatic rings. The van der Waals surface area contributed by atoms with Crippen molar-refractivity contribution in [3.05, 3.63) is 41.0 Å². The van der Waals surface area contributed by atoms with Gasteiger partial charge in [-0.05, 0) is 43.4 Å². The second-order valence-electron chi connectivity index (χ2n) is 4.39. The first kappa shape index (κ1) is 14.9. The van der Waals surface area contributed by atoms with Crippen LogP contribution in [0.15, 0.2) is 35.2 Å². The molecule has 0 radical (unpaired) electrons. The Bertz CT molecular complexity index is 568. The van der Waals surface area contributed by atoms with Crippen LogP contribution in [0.25, 0.3) is 0 Å². The van der Waals surface area contributed by atoms with Crippen molar-refractivity contribution in [1.29, 1.82) is 0 Å². The van der Waals surface area contributed by atoms with Crippen LogP contribution in [0.2, 0.25) is 5.02 Å². The molecule has 1 aromatic carbocycles. The molecular weight excluding hydrogens is 294 g/mol. The number of anilines is 1. The molecule has 20 heavy (non-hydrogen) atoms. The second-order valence-corrected chi connectivity index (χ2v) is 6.00. The summed E-state index contributed by atoms with van der Waals surface area (Å²) < 4.78 is 0. The monoisotopic (exact) mass is 309 g/mol. The number of carbonyl (C=O) groups excluding carboxylic acids is 1. The maximum absolute atomic E-state index is 11.7. The SMILES string of the molecule is Cc1cc(NC(=O)CCCSc2ccc(Cl)cc2)n[nH]1. The number of nitrogens with zero attached hydrogens (tertiary/aromatic N) is 1. The molecule has 0 spiro atoms. The first-order valence-electron chi connectivity index (χ1n) is 6.34. The first-order valence-corrected chi connectivity index (χ1v) is 7.70. The van der Waals surface area contributed by atoms with Crippen molar-refractivity contribution in [2.75, 3.05) is 11.1 Å². The minimum absolute atomic E-state index is 0.00629. The molecule has 1 aromatic heterocycles. The largest absolute Gasteiger partial charge is 0.309 e. The van der Waals surface area contributed by atoms with Crippen molar-refractivity contribution < 1.29 is 4.79 Å². The van der Waals surface area contributed by atoms with Crippen LogP contribution in [-0.4, -0.2) is 21.9 Å². The highest BCUT2D eigenvalue weighted by Crippen LogP contribution is 2.21. The maximum atomic E-state index is 11.7. The van der Waals surface area contributed by atoms with Gasteiger partial charge in [-0.25, -0.2) is 0 Å². The average molecular weight is 310 g/mol. The molecular formula is C14H16ClN3OS. The topological polar surface area (TPSA) is 57.8 Å². The van der Waals surface area contributed by atoms with Crippen LogP contribution in [0.5, 0.6) is 0 Å². The van der Waals surface area contributed by atoms with Gasteiger partial charge in [-0.3, -0.25) is 9.89 Å². The van der Waals surface area contributed by atoms with Gasteiger partial charge in [0.05, 0.1) is 0 Å². The Morgan fingerprint density at radius 2 is 2.15 bits per heavy atom. The van der Waals surface area contributed by atoms with Gasteiger partial charge in [0.1, 0.15) is 0 Å². The van der Waals surface area contributed by atoms with Crippen molar-refractivity contribution in [3.63, 3.8) is 0 Å². The molecule has 1 heterocycles. The quantitative estimate of drug-likeness (QED) is 0.629. The minimum atomic E-state index is -0.00629. The van der Waals surface area contributed by atoms with E-state index in [1.165, 1.54) is 0 Å². The Morgan fingerprint density at radius 3 is 2.80 bits per heavy atom. The Hall–Kier alpha value is -1.46. The number of aryl methyl sites for hydroxylation is 1. The second kappa shape index (κ2) is 7.36. The van der Waals surface area contributed by atoms with Crippen LogP contribution in [0, 0.1) is 6.92 Å². The molecule has 2 rings (SSSR count). The third-order valence-electron chi connectivity index (χ3n) is 2.60. The zero-order valence-corrected chi connectivity index (χ0v) is 12.7. The predicted octanol–water partition coefficient (Wildman–Crippen LogP) is 3.88. The van der Waals surface area contributed by atoms with Crippen molar-refractivity contribution in [3.8, 4) is 0 Å². The smallest absolute Gasteiger partial charge is 0.225 e. The lowest BCUT2D eigenvalue weighted by Gasteiger charge is -2.03. The summed E-state index contributed by atoms with van der Waals surface area (Å²) >= 11 is 7.54. The number of thioether (sulfide) groups is 1. The van der Waals surface area contributed by atoms with Crippen LogP contribution in [0.1, 0.15) is 18.5 Å². The Kier molecular flexibility index (Phi) is 5.49. The molecule has 0 saturated heterocycles. The van der Waals surface area contributed by atoms with Crippen LogP contribution in [-0.2, 0) is 4.79 Å².